The summed E-state index contributed by atoms with van der Waals surface area (Å²) in [5.74, 6) is -1.16. The quantitative estimate of drug-likeness (QED) is 0.814. The van der Waals surface area contributed by atoms with Crippen LogP contribution in [0.4, 0.5) is 0 Å². The van der Waals surface area contributed by atoms with Crippen LogP contribution in [0.1, 0.15) is 18.5 Å². The summed E-state index contributed by atoms with van der Waals surface area (Å²) in [6.45, 7) is 2.11. The molecule has 6 atom stereocenters. The van der Waals surface area contributed by atoms with Crippen LogP contribution in [0.15, 0.2) is 30.3 Å². The summed E-state index contributed by atoms with van der Waals surface area (Å²) in [5, 5.41) is 3.36. The van der Waals surface area contributed by atoms with Gasteiger partial charge in [0.05, 0.1) is 25.7 Å². The third-order valence-corrected chi connectivity index (χ3v) is 5.31. The number of benzene rings is 1. The van der Waals surface area contributed by atoms with Crippen LogP contribution in [0.2, 0.25) is 0 Å². The van der Waals surface area contributed by atoms with E-state index < -0.39 is 11.8 Å². The van der Waals surface area contributed by atoms with Crippen molar-refractivity contribution in [1.29, 1.82) is 0 Å². The number of Topliss-reactive ketones (excluding diaryl/α,β-unsaturated/α-hetero) is 1. The van der Waals surface area contributed by atoms with E-state index in [9.17, 15) is 9.59 Å². The third-order valence-electron chi connectivity index (χ3n) is 5.31. The lowest BCUT2D eigenvalue weighted by Gasteiger charge is -2.36. The Morgan fingerprint density at radius 2 is 2.09 bits per heavy atom. The van der Waals surface area contributed by atoms with E-state index >= 15 is 0 Å². The molecule has 0 aliphatic carbocycles. The molecule has 0 spiro atoms. The predicted molar refractivity (Wildman–Crippen MR) is 79.3 cm³/mol. The topological polar surface area (TPSA) is 73.9 Å². The number of nitrogens with one attached hydrogen (secondary N) is 1. The van der Waals surface area contributed by atoms with E-state index in [-0.39, 0.29) is 35.7 Å². The Morgan fingerprint density at radius 3 is 2.78 bits per heavy atom. The molecule has 6 heteroatoms. The van der Waals surface area contributed by atoms with Gasteiger partial charge < -0.3 is 14.2 Å². The molecule has 3 aliphatic rings. The molecule has 0 unspecified atom stereocenters. The summed E-state index contributed by atoms with van der Waals surface area (Å²) in [5.41, 5.74) is -0.0105. The van der Waals surface area contributed by atoms with Gasteiger partial charge in [-0.1, -0.05) is 30.3 Å². The highest BCUT2D eigenvalue weighted by molar-refractivity contribution is 5.91. The number of carbonyl (C=O) groups is 2. The van der Waals surface area contributed by atoms with Crippen LogP contribution in [0.25, 0.3) is 0 Å². The average molecular weight is 317 g/mol. The zero-order valence-electron chi connectivity index (χ0n) is 13.0. The number of carbonyl (C=O) groups excluding carboxylic acids is 2. The van der Waals surface area contributed by atoms with Crippen LogP contribution in [0, 0.1) is 11.8 Å². The van der Waals surface area contributed by atoms with Gasteiger partial charge in [-0.3, -0.25) is 14.9 Å². The smallest absolute Gasteiger partial charge is 0.326 e. The molecular formula is C17H19NO5. The van der Waals surface area contributed by atoms with E-state index in [2.05, 4.69) is 5.32 Å². The Morgan fingerprint density at radius 1 is 1.35 bits per heavy atom. The molecule has 3 saturated heterocycles. The van der Waals surface area contributed by atoms with Crippen LogP contribution in [0.3, 0.4) is 0 Å². The van der Waals surface area contributed by atoms with Gasteiger partial charge in [-0.25, -0.2) is 0 Å². The molecule has 3 aliphatic heterocycles. The van der Waals surface area contributed by atoms with Crippen LogP contribution in [-0.4, -0.2) is 43.4 Å². The maximum absolute atomic E-state index is 12.8. The Bertz CT molecular complexity index is 648. The average Bonchev–Trinajstić information content (AvgIpc) is 3.14. The molecule has 3 heterocycles. The molecule has 2 bridgehead atoms. The van der Waals surface area contributed by atoms with Crippen LogP contribution < -0.4 is 5.32 Å². The number of ketones is 1. The molecule has 122 valence electrons. The Hall–Kier alpha value is -1.76. The highest BCUT2D eigenvalue weighted by Crippen LogP contribution is 2.51. The van der Waals surface area contributed by atoms with Gasteiger partial charge >= 0.3 is 5.97 Å². The fourth-order valence-electron chi connectivity index (χ4n) is 4.29. The summed E-state index contributed by atoms with van der Waals surface area (Å²) in [7, 11) is 1.36. The molecule has 0 amide bonds. The maximum atomic E-state index is 12.8. The minimum Gasteiger partial charge on any atom is -0.468 e. The van der Waals surface area contributed by atoms with Gasteiger partial charge in [0.1, 0.15) is 5.54 Å². The second-order valence-corrected chi connectivity index (χ2v) is 6.52. The fraction of sp³-hybridized carbons (Fsp3) is 0.529. The number of esters is 1. The summed E-state index contributed by atoms with van der Waals surface area (Å²) >= 11 is 0. The van der Waals surface area contributed by atoms with Crippen molar-refractivity contribution in [2.75, 3.05) is 13.7 Å². The molecule has 0 radical (unpaired) electrons. The normalized spacial score (nSPS) is 41.7. The predicted octanol–water partition coefficient (Wildman–Crippen LogP) is 0.819. The van der Waals surface area contributed by atoms with Gasteiger partial charge in [-0.2, -0.15) is 0 Å². The van der Waals surface area contributed by atoms with E-state index in [1.54, 1.807) is 6.92 Å². The number of rotatable bonds is 2. The first-order chi connectivity index (χ1) is 11.1. The lowest BCUT2D eigenvalue weighted by molar-refractivity contribution is -0.170. The van der Waals surface area contributed by atoms with Crippen molar-refractivity contribution in [3.05, 3.63) is 35.9 Å². The maximum Gasteiger partial charge on any atom is 0.326 e. The number of hydrogen-bond donors (Lipinski definition) is 1. The van der Waals surface area contributed by atoms with Gasteiger partial charge in [0.15, 0.2) is 5.78 Å². The first kappa shape index (κ1) is 14.8. The Kier molecular flexibility index (Phi) is 3.30. The Labute approximate surface area is 134 Å². The number of fused-ring (bicyclic) bond motifs is 4. The third kappa shape index (κ3) is 1.99. The van der Waals surface area contributed by atoms with Crippen molar-refractivity contribution >= 4 is 11.8 Å². The second-order valence-electron chi connectivity index (χ2n) is 6.52. The van der Waals surface area contributed by atoms with Crippen LogP contribution in [-0.2, 0) is 23.8 Å². The zero-order chi connectivity index (χ0) is 16.2. The van der Waals surface area contributed by atoms with E-state index in [0.717, 1.165) is 5.56 Å². The molecule has 23 heavy (non-hydrogen) atoms. The van der Waals surface area contributed by atoms with Gasteiger partial charge in [-0.15, -0.1) is 0 Å². The molecule has 1 N–H and O–H groups in total. The van der Waals surface area contributed by atoms with Crippen LogP contribution >= 0.6 is 0 Å². The highest BCUT2D eigenvalue weighted by atomic mass is 16.7. The van der Waals surface area contributed by atoms with Crippen molar-refractivity contribution in [3.8, 4) is 0 Å². The monoisotopic (exact) mass is 317 g/mol. The van der Waals surface area contributed by atoms with Crippen molar-refractivity contribution in [2.24, 2.45) is 11.8 Å². The minimum atomic E-state index is -0.987. The molecule has 3 fully saturated rings. The number of methoxy groups -OCH3 is 1. The van der Waals surface area contributed by atoms with E-state index in [0.29, 0.717) is 6.61 Å². The number of ether oxygens (including phenoxy) is 3. The largest absolute Gasteiger partial charge is 0.468 e. The van der Waals surface area contributed by atoms with E-state index in [4.69, 9.17) is 14.2 Å². The van der Waals surface area contributed by atoms with Gasteiger partial charge in [0.2, 0.25) is 6.29 Å². The summed E-state index contributed by atoms with van der Waals surface area (Å²) in [6, 6.07) is 9.44. The molecule has 6 nitrogen and oxygen atoms in total. The lowest BCUT2D eigenvalue weighted by atomic mass is 9.72. The fourth-order valence-corrected chi connectivity index (χ4v) is 4.29. The van der Waals surface area contributed by atoms with Gasteiger partial charge in [0.25, 0.3) is 0 Å². The first-order valence-corrected chi connectivity index (χ1v) is 7.78. The zero-order valence-corrected chi connectivity index (χ0v) is 13.0. The molecule has 4 rings (SSSR count). The molecule has 1 aromatic rings. The van der Waals surface area contributed by atoms with E-state index in [1.165, 1.54) is 7.11 Å². The summed E-state index contributed by atoms with van der Waals surface area (Å²) in [6.07, 6.45) is -1.10. The molecular weight excluding hydrogens is 298 g/mol. The van der Waals surface area contributed by atoms with Crippen molar-refractivity contribution < 1.29 is 23.8 Å². The first-order valence-electron chi connectivity index (χ1n) is 7.78. The number of hydrogen-bond acceptors (Lipinski definition) is 6. The summed E-state index contributed by atoms with van der Waals surface area (Å²) < 4.78 is 16.1. The van der Waals surface area contributed by atoms with Crippen LogP contribution in [0.5, 0.6) is 0 Å². The second kappa shape index (κ2) is 5.12. The molecule has 0 saturated carbocycles. The molecule has 1 aromatic carbocycles. The lowest BCUT2D eigenvalue weighted by Crippen LogP contribution is -2.56. The Balaban J connectivity index is 1.81. The van der Waals surface area contributed by atoms with Crippen molar-refractivity contribution in [3.63, 3.8) is 0 Å². The molecule has 0 aromatic heterocycles. The highest BCUT2D eigenvalue weighted by Gasteiger charge is 2.66. The van der Waals surface area contributed by atoms with Crippen molar-refractivity contribution in [1.82, 2.24) is 5.32 Å². The minimum absolute atomic E-state index is 0.0993. The van der Waals surface area contributed by atoms with E-state index in [1.807, 2.05) is 30.3 Å². The standard InChI is InChI=1S/C17H19NO5/c1-17(16(20)21-2)12-10-8-22-15(23-10)14(19)11(12)13(18-17)9-6-4-3-5-7-9/h3-7,10-13,15,18H,8H2,1-2H3/t10-,11+,12-,13-,15-,17+/m1/s1. The van der Waals surface area contributed by atoms with Gasteiger partial charge in [-0.05, 0) is 12.5 Å². The van der Waals surface area contributed by atoms with Crippen molar-refractivity contribution in [2.45, 2.75) is 30.9 Å². The SMILES string of the molecule is COC(=O)[C@@]1(C)N[C@H](c2ccccc2)[C@H]2C(=O)[C@@H]3OC[C@@H](O3)[C@H]21. The summed E-state index contributed by atoms with van der Waals surface area (Å²) in [4.78, 5) is 25.3. The van der Waals surface area contributed by atoms with Gasteiger partial charge in [0, 0.05) is 12.0 Å².